The second-order valence-electron chi connectivity index (χ2n) is 4.82. The summed E-state index contributed by atoms with van der Waals surface area (Å²) in [6, 6.07) is 17.9. The maximum atomic E-state index is 11.0. The van der Waals surface area contributed by atoms with Gasteiger partial charge >= 0.3 is 0 Å². The predicted molar refractivity (Wildman–Crippen MR) is 91.3 cm³/mol. The lowest BCUT2D eigenvalue weighted by atomic mass is 10.2. The van der Waals surface area contributed by atoms with Crippen LogP contribution < -0.4 is 5.48 Å². The Morgan fingerprint density at radius 2 is 1.96 bits per heavy atom. The molecule has 0 radical (unpaired) electrons. The van der Waals surface area contributed by atoms with Crippen molar-refractivity contribution in [3.8, 4) is 0 Å². The molecule has 114 valence electrons. The van der Waals surface area contributed by atoms with Crippen molar-refractivity contribution in [3.63, 3.8) is 0 Å². The van der Waals surface area contributed by atoms with Gasteiger partial charge in [-0.3, -0.25) is 15.0 Å². The number of para-hydroxylation sites is 1. The minimum absolute atomic E-state index is 0.554. The standard InChI is InChI=1S/C18H14N2O2S/c21-17(20-22)10-9-13-4-1-7-15(12-13)23-16-8-2-5-14-6-3-11-19-18(14)16/h1-12,22H,(H,20,21)/b10-9+. The minimum atomic E-state index is -0.554. The van der Waals surface area contributed by atoms with Crippen molar-refractivity contribution in [1.29, 1.82) is 0 Å². The second kappa shape index (κ2) is 7.09. The molecule has 5 heteroatoms. The lowest BCUT2D eigenvalue weighted by Gasteiger charge is -2.06. The zero-order valence-electron chi connectivity index (χ0n) is 12.1. The summed E-state index contributed by atoms with van der Waals surface area (Å²) >= 11 is 1.62. The Morgan fingerprint density at radius 3 is 2.83 bits per heavy atom. The van der Waals surface area contributed by atoms with E-state index in [1.165, 1.54) is 6.08 Å². The number of hydroxylamine groups is 1. The second-order valence-corrected chi connectivity index (χ2v) is 5.93. The number of nitrogens with one attached hydrogen (secondary N) is 1. The molecule has 0 saturated heterocycles. The van der Waals surface area contributed by atoms with E-state index in [1.54, 1.807) is 29.5 Å². The van der Waals surface area contributed by atoms with Gasteiger partial charge in [0.15, 0.2) is 0 Å². The van der Waals surface area contributed by atoms with Crippen molar-refractivity contribution in [2.45, 2.75) is 9.79 Å². The molecule has 3 rings (SSSR count). The van der Waals surface area contributed by atoms with Gasteiger partial charge in [0.05, 0.1) is 5.52 Å². The number of rotatable bonds is 4. The zero-order chi connectivity index (χ0) is 16.1. The molecule has 4 nitrogen and oxygen atoms in total. The first-order valence-corrected chi connectivity index (χ1v) is 7.82. The molecule has 2 aromatic carbocycles. The molecular weight excluding hydrogens is 308 g/mol. The van der Waals surface area contributed by atoms with Gasteiger partial charge in [0.25, 0.3) is 5.91 Å². The summed E-state index contributed by atoms with van der Waals surface area (Å²) in [5.74, 6) is -0.554. The number of pyridine rings is 1. The van der Waals surface area contributed by atoms with Gasteiger partial charge < -0.3 is 0 Å². The maximum Gasteiger partial charge on any atom is 0.267 e. The van der Waals surface area contributed by atoms with E-state index in [9.17, 15) is 4.79 Å². The Morgan fingerprint density at radius 1 is 1.13 bits per heavy atom. The van der Waals surface area contributed by atoms with E-state index in [4.69, 9.17) is 5.21 Å². The molecule has 2 N–H and O–H groups in total. The third-order valence-electron chi connectivity index (χ3n) is 3.22. The molecule has 0 unspecified atom stereocenters. The van der Waals surface area contributed by atoms with Crippen LogP contribution in [0.4, 0.5) is 0 Å². The van der Waals surface area contributed by atoms with Crippen LogP contribution in [0.15, 0.2) is 76.7 Å². The van der Waals surface area contributed by atoms with Crippen LogP contribution in [0.1, 0.15) is 5.56 Å². The molecule has 0 spiro atoms. The van der Waals surface area contributed by atoms with Crippen LogP contribution in [0.2, 0.25) is 0 Å². The first kappa shape index (κ1) is 15.3. The molecule has 0 atom stereocenters. The number of amides is 1. The van der Waals surface area contributed by atoms with Gasteiger partial charge in [0, 0.05) is 27.5 Å². The third-order valence-corrected chi connectivity index (χ3v) is 4.26. The van der Waals surface area contributed by atoms with E-state index in [1.807, 2.05) is 54.6 Å². The summed E-state index contributed by atoms with van der Waals surface area (Å²) in [6.45, 7) is 0. The normalized spacial score (nSPS) is 11.0. The van der Waals surface area contributed by atoms with E-state index in [0.29, 0.717) is 0 Å². The highest BCUT2D eigenvalue weighted by atomic mass is 32.2. The van der Waals surface area contributed by atoms with Crippen molar-refractivity contribution in [2.75, 3.05) is 0 Å². The SMILES string of the molecule is O=C(/C=C/c1cccc(Sc2cccc3cccnc23)c1)NO. The lowest BCUT2D eigenvalue weighted by molar-refractivity contribution is -0.124. The van der Waals surface area contributed by atoms with Crippen LogP contribution in [-0.2, 0) is 4.79 Å². The van der Waals surface area contributed by atoms with E-state index in [-0.39, 0.29) is 0 Å². The fourth-order valence-electron chi connectivity index (χ4n) is 2.18. The number of hydrogen-bond acceptors (Lipinski definition) is 4. The maximum absolute atomic E-state index is 11.0. The van der Waals surface area contributed by atoms with Crippen LogP contribution in [0, 0.1) is 0 Å². The van der Waals surface area contributed by atoms with E-state index >= 15 is 0 Å². The Kier molecular flexibility index (Phi) is 4.71. The van der Waals surface area contributed by atoms with Crippen LogP contribution in [-0.4, -0.2) is 16.1 Å². The van der Waals surface area contributed by atoms with E-state index in [0.717, 1.165) is 26.3 Å². The fraction of sp³-hybridized carbons (Fsp3) is 0. The fourth-order valence-corrected chi connectivity index (χ4v) is 3.19. The number of benzene rings is 2. The number of carbonyl (C=O) groups is 1. The molecule has 0 fully saturated rings. The molecule has 0 aliphatic carbocycles. The Hall–Kier alpha value is -2.63. The molecule has 0 aliphatic rings. The van der Waals surface area contributed by atoms with Crippen molar-refractivity contribution < 1.29 is 10.0 Å². The molecule has 1 aromatic heterocycles. The lowest BCUT2D eigenvalue weighted by Crippen LogP contribution is -2.14. The Balaban J connectivity index is 1.88. The van der Waals surface area contributed by atoms with E-state index < -0.39 is 5.91 Å². The summed E-state index contributed by atoms with van der Waals surface area (Å²) in [7, 11) is 0. The number of hydrogen-bond donors (Lipinski definition) is 2. The Bertz CT molecular complexity index is 872. The molecule has 0 aliphatic heterocycles. The zero-order valence-corrected chi connectivity index (χ0v) is 13.0. The van der Waals surface area contributed by atoms with Crippen LogP contribution in [0.25, 0.3) is 17.0 Å². The number of carbonyl (C=O) groups excluding carboxylic acids is 1. The average Bonchev–Trinajstić information content (AvgIpc) is 2.60. The van der Waals surface area contributed by atoms with Crippen molar-refractivity contribution in [3.05, 3.63) is 72.4 Å². The summed E-state index contributed by atoms with van der Waals surface area (Å²) in [4.78, 5) is 17.6. The average molecular weight is 322 g/mol. The molecule has 0 saturated carbocycles. The highest BCUT2D eigenvalue weighted by Gasteiger charge is 2.04. The van der Waals surface area contributed by atoms with Gasteiger partial charge in [-0.15, -0.1) is 0 Å². The first-order chi connectivity index (χ1) is 11.3. The number of nitrogens with zero attached hydrogens (tertiary/aromatic N) is 1. The summed E-state index contributed by atoms with van der Waals surface area (Å²) in [6.07, 6.45) is 4.72. The summed E-state index contributed by atoms with van der Waals surface area (Å²) < 4.78 is 0. The highest BCUT2D eigenvalue weighted by molar-refractivity contribution is 7.99. The van der Waals surface area contributed by atoms with Gasteiger partial charge in [-0.25, -0.2) is 5.48 Å². The summed E-state index contributed by atoms with van der Waals surface area (Å²) in [5, 5.41) is 9.61. The first-order valence-electron chi connectivity index (χ1n) is 7.00. The molecular formula is C18H14N2O2S. The van der Waals surface area contributed by atoms with Gasteiger partial charge in [-0.1, -0.05) is 42.1 Å². The van der Waals surface area contributed by atoms with Crippen LogP contribution >= 0.6 is 11.8 Å². The van der Waals surface area contributed by atoms with Gasteiger partial charge in [-0.05, 0) is 35.9 Å². The third kappa shape index (κ3) is 3.77. The largest absolute Gasteiger partial charge is 0.288 e. The van der Waals surface area contributed by atoms with Crippen LogP contribution in [0.5, 0.6) is 0 Å². The molecule has 0 bridgehead atoms. The van der Waals surface area contributed by atoms with Gasteiger partial charge in [0.1, 0.15) is 0 Å². The Labute approximate surface area is 137 Å². The smallest absolute Gasteiger partial charge is 0.267 e. The van der Waals surface area contributed by atoms with Crippen molar-refractivity contribution >= 4 is 34.6 Å². The van der Waals surface area contributed by atoms with Crippen molar-refractivity contribution in [2.24, 2.45) is 0 Å². The van der Waals surface area contributed by atoms with E-state index in [2.05, 4.69) is 4.98 Å². The van der Waals surface area contributed by atoms with Crippen molar-refractivity contribution in [1.82, 2.24) is 10.5 Å². The monoisotopic (exact) mass is 322 g/mol. The topological polar surface area (TPSA) is 62.2 Å². The molecule has 3 aromatic rings. The quantitative estimate of drug-likeness (QED) is 0.434. The highest BCUT2D eigenvalue weighted by Crippen LogP contribution is 2.32. The predicted octanol–water partition coefficient (Wildman–Crippen LogP) is 3.90. The number of aromatic nitrogens is 1. The van der Waals surface area contributed by atoms with Gasteiger partial charge in [0.2, 0.25) is 0 Å². The molecule has 1 amide bonds. The summed E-state index contributed by atoms with van der Waals surface area (Å²) in [5.41, 5.74) is 3.42. The van der Waals surface area contributed by atoms with Gasteiger partial charge in [-0.2, -0.15) is 0 Å². The molecule has 23 heavy (non-hydrogen) atoms. The number of fused-ring (bicyclic) bond motifs is 1. The minimum Gasteiger partial charge on any atom is -0.288 e. The molecule has 1 heterocycles. The van der Waals surface area contributed by atoms with Crippen LogP contribution in [0.3, 0.4) is 0 Å².